The highest BCUT2D eigenvalue weighted by atomic mass is 35.5. The summed E-state index contributed by atoms with van der Waals surface area (Å²) >= 11 is 12.7. The SMILES string of the molecule is Cc1c(C(=O)O)ccc2c3n(nc12)[C@@H]1[C@H](C3)N(CC2CC2)[C@]2(Cc3ccc(Cl)cc3NC2=O)[C@H]1c1cccc(Cl)c1F. The number of aromatic carboxylic acids is 1. The Morgan fingerprint density at radius 1 is 1.19 bits per heavy atom. The van der Waals surface area contributed by atoms with Gasteiger partial charge in [0.15, 0.2) is 0 Å². The molecule has 1 aliphatic carbocycles. The minimum atomic E-state index is -1.10. The van der Waals surface area contributed by atoms with Gasteiger partial charge in [-0.05, 0) is 66.6 Å². The van der Waals surface area contributed by atoms with E-state index in [0.29, 0.717) is 46.1 Å². The summed E-state index contributed by atoms with van der Waals surface area (Å²) < 4.78 is 18.1. The first-order chi connectivity index (χ1) is 20.2. The number of benzene rings is 3. The van der Waals surface area contributed by atoms with Gasteiger partial charge in [-0.3, -0.25) is 14.4 Å². The lowest BCUT2D eigenvalue weighted by Gasteiger charge is -2.46. The Labute approximate surface area is 251 Å². The van der Waals surface area contributed by atoms with Crippen molar-refractivity contribution in [2.45, 2.75) is 56.1 Å². The van der Waals surface area contributed by atoms with Crippen molar-refractivity contribution in [1.82, 2.24) is 14.7 Å². The molecule has 1 aromatic heterocycles. The van der Waals surface area contributed by atoms with E-state index in [-0.39, 0.29) is 28.6 Å². The number of likely N-dealkylation sites (tertiary alicyclic amines) is 1. The summed E-state index contributed by atoms with van der Waals surface area (Å²) in [5.41, 5.74) is 3.30. The number of amides is 1. The summed E-state index contributed by atoms with van der Waals surface area (Å²) in [6.07, 6.45) is 3.19. The second kappa shape index (κ2) is 9.02. The van der Waals surface area contributed by atoms with Crippen LogP contribution in [0, 0.1) is 18.7 Å². The number of rotatable bonds is 4. The van der Waals surface area contributed by atoms with Gasteiger partial charge < -0.3 is 10.4 Å². The number of hydrogen-bond acceptors (Lipinski definition) is 4. The van der Waals surface area contributed by atoms with Crippen molar-refractivity contribution in [3.8, 4) is 0 Å². The first-order valence-corrected chi connectivity index (χ1v) is 15.0. The predicted molar refractivity (Wildman–Crippen MR) is 158 cm³/mol. The van der Waals surface area contributed by atoms with E-state index in [1.54, 1.807) is 31.2 Å². The van der Waals surface area contributed by atoms with Crippen molar-refractivity contribution in [1.29, 1.82) is 0 Å². The van der Waals surface area contributed by atoms with Crippen molar-refractivity contribution in [2.24, 2.45) is 5.92 Å². The smallest absolute Gasteiger partial charge is 0.336 e. The number of fused-ring (bicyclic) bond motifs is 6. The minimum Gasteiger partial charge on any atom is -0.478 e. The fourth-order valence-electron chi connectivity index (χ4n) is 7.91. The van der Waals surface area contributed by atoms with E-state index in [1.807, 2.05) is 22.9 Å². The summed E-state index contributed by atoms with van der Waals surface area (Å²) in [6.45, 7) is 2.49. The molecule has 2 N–H and O–H groups in total. The summed E-state index contributed by atoms with van der Waals surface area (Å²) in [4.78, 5) is 28.8. The van der Waals surface area contributed by atoms with Gasteiger partial charge in [0, 0.05) is 53.1 Å². The average molecular weight is 605 g/mol. The van der Waals surface area contributed by atoms with E-state index in [9.17, 15) is 14.7 Å². The van der Waals surface area contributed by atoms with Crippen LogP contribution in [0.2, 0.25) is 10.0 Å². The van der Waals surface area contributed by atoms with Crippen molar-refractivity contribution in [3.05, 3.63) is 92.3 Å². The molecule has 1 amide bonds. The molecule has 4 heterocycles. The number of hydrogen-bond donors (Lipinski definition) is 2. The van der Waals surface area contributed by atoms with Gasteiger partial charge >= 0.3 is 5.97 Å². The Morgan fingerprint density at radius 2 is 2.00 bits per heavy atom. The van der Waals surface area contributed by atoms with Gasteiger partial charge in [0.25, 0.3) is 0 Å². The van der Waals surface area contributed by atoms with Crippen molar-refractivity contribution < 1.29 is 19.1 Å². The molecular weight excluding hydrogens is 578 g/mol. The van der Waals surface area contributed by atoms with Crippen LogP contribution in [0.3, 0.4) is 0 Å². The van der Waals surface area contributed by atoms with Gasteiger partial charge in [-0.15, -0.1) is 0 Å². The largest absolute Gasteiger partial charge is 0.478 e. The number of halogens is 3. The highest BCUT2D eigenvalue weighted by molar-refractivity contribution is 6.31. The molecule has 7 nitrogen and oxygen atoms in total. The third kappa shape index (κ3) is 3.52. The normalized spacial score (nSPS) is 26.4. The molecule has 1 saturated heterocycles. The molecule has 8 rings (SSSR count). The molecule has 1 spiro atoms. The van der Waals surface area contributed by atoms with Crippen LogP contribution in [-0.2, 0) is 17.6 Å². The molecule has 0 unspecified atom stereocenters. The predicted octanol–water partition coefficient (Wildman–Crippen LogP) is 6.40. The number of carboxylic acid groups (broad SMARTS) is 1. The molecule has 4 aromatic rings. The number of nitrogens with one attached hydrogen (secondary N) is 1. The standard InChI is InChI=1S/C32H27Cl2FN4O3/c1-15-19(30(40)41)9-10-20-24-12-25-29(39(24)37-28(15)20)26(21-3-2-4-22(34)27(21)35)32(38(25)14-16-5-6-16)13-17-7-8-18(33)11-23(17)36-31(32)42/h2-4,7-11,16,25-26,29H,5-6,12-14H2,1H3,(H,36,42)(H,40,41)/t25-,26-,29+,32+/m0/s1. The quantitative estimate of drug-likeness (QED) is 0.281. The second-order valence-electron chi connectivity index (χ2n) is 12.2. The summed E-state index contributed by atoms with van der Waals surface area (Å²) in [5, 5.41) is 19.3. The van der Waals surface area contributed by atoms with E-state index < -0.39 is 23.2 Å². The van der Waals surface area contributed by atoms with Gasteiger partial charge in [-0.2, -0.15) is 5.10 Å². The lowest BCUT2D eigenvalue weighted by atomic mass is 9.71. The maximum atomic E-state index is 16.1. The molecule has 0 bridgehead atoms. The Balaban J connectivity index is 1.38. The van der Waals surface area contributed by atoms with E-state index in [1.165, 1.54) is 6.07 Å². The second-order valence-corrected chi connectivity index (χ2v) is 13.0. The van der Waals surface area contributed by atoms with Crippen molar-refractivity contribution >= 4 is 51.7 Å². The van der Waals surface area contributed by atoms with Gasteiger partial charge in [-0.1, -0.05) is 47.5 Å². The first kappa shape index (κ1) is 26.2. The molecule has 2 fully saturated rings. The van der Waals surface area contributed by atoms with E-state index in [0.717, 1.165) is 36.0 Å². The van der Waals surface area contributed by atoms with Gasteiger partial charge in [0.05, 0.1) is 22.1 Å². The molecule has 4 atom stereocenters. The highest BCUT2D eigenvalue weighted by Gasteiger charge is 2.67. The zero-order valence-electron chi connectivity index (χ0n) is 22.7. The van der Waals surface area contributed by atoms with E-state index >= 15 is 4.39 Å². The van der Waals surface area contributed by atoms with Crippen LogP contribution in [0.4, 0.5) is 10.1 Å². The van der Waals surface area contributed by atoms with Crippen molar-refractivity contribution in [3.63, 3.8) is 0 Å². The van der Waals surface area contributed by atoms with Gasteiger partial charge in [0.2, 0.25) is 5.91 Å². The number of nitrogens with zero attached hydrogens (tertiary/aromatic N) is 3. The lowest BCUT2D eigenvalue weighted by molar-refractivity contribution is -0.129. The van der Waals surface area contributed by atoms with Crippen LogP contribution in [0.15, 0.2) is 48.5 Å². The first-order valence-electron chi connectivity index (χ1n) is 14.2. The monoisotopic (exact) mass is 604 g/mol. The van der Waals surface area contributed by atoms with E-state index in [4.69, 9.17) is 28.3 Å². The third-order valence-electron chi connectivity index (χ3n) is 9.95. The highest BCUT2D eigenvalue weighted by Crippen LogP contribution is 2.60. The van der Waals surface area contributed by atoms with Gasteiger partial charge in [0.1, 0.15) is 11.4 Å². The molecule has 4 aliphatic rings. The molecule has 214 valence electrons. The lowest BCUT2D eigenvalue weighted by Crippen LogP contribution is -2.61. The van der Waals surface area contributed by atoms with E-state index in [2.05, 4.69) is 10.2 Å². The molecular formula is C32H27Cl2FN4O3. The molecule has 0 radical (unpaired) electrons. The third-order valence-corrected chi connectivity index (χ3v) is 10.5. The minimum absolute atomic E-state index is 0.00836. The van der Waals surface area contributed by atoms with Crippen LogP contribution < -0.4 is 5.32 Å². The number of carbonyl (C=O) groups is 2. The maximum Gasteiger partial charge on any atom is 0.336 e. The molecule has 1 saturated carbocycles. The summed E-state index contributed by atoms with van der Waals surface area (Å²) in [5.74, 6) is -1.86. The van der Waals surface area contributed by atoms with Crippen LogP contribution >= 0.6 is 23.2 Å². The number of carboxylic acids is 1. The van der Waals surface area contributed by atoms with Crippen LogP contribution in [-0.4, -0.2) is 49.8 Å². The Morgan fingerprint density at radius 3 is 2.76 bits per heavy atom. The number of anilines is 1. The number of aryl methyl sites for hydroxylation is 1. The zero-order chi connectivity index (χ0) is 29.1. The van der Waals surface area contributed by atoms with Crippen LogP contribution in [0.25, 0.3) is 10.9 Å². The topological polar surface area (TPSA) is 87.5 Å². The van der Waals surface area contributed by atoms with Crippen LogP contribution in [0.1, 0.15) is 57.5 Å². The Bertz CT molecular complexity index is 1850. The fraction of sp³-hybridized carbons (Fsp3) is 0.344. The molecule has 3 aromatic carbocycles. The van der Waals surface area contributed by atoms with Gasteiger partial charge in [-0.25, -0.2) is 9.18 Å². The summed E-state index contributed by atoms with van der Waals surface area (Å²) in [7, 11) is 0. The molecule has 42 heavy (non-hydrogen) atoms. The zero-order valence-corrected chi connectivity index (χ0v) is 24.2. The number of carbonyl (C=O) groups excluding carboxylic acids is 1. The molecule has 10 heteroatoms. The average Bonchev–Trinajstić information content (AvgIpc) is 3.52. The van der Waals surface area contributed by atoms with Crippen LogP contribution in [0.5, 0.6) is 0 Å². The summed E-state index contributed by atoms with van der Waals surface area (Å²) in [6, 6.07) is 13.5. The fourth-order valence-corrected chi connectivity index (χ4v) is 8.27. The number of aromatic nitrogens is 2. The Kier molecular flexibility index (Phi) is 5.62. The maximum absolute atomic E-state index is 16.1. The molecule has 3 aliphatic heterocycles. The Hall–Kier alpha value is -3.46. The van der Waals surface area contributed by atoms with Crippen molar-refractivity contribution in [2.75, 3.05) is 11.9 Å².